The van der Waals surface area contributed by atoms with Crippen molar-refractivity contribution in [2.24, 2.45) is 0 Å². The molecule has 0 amide bonds. The molecule has 2 aromatic rings. The highest BCUT2D eigenvalue weighted by atomic mass is 19.1. The standard InChI is InChI=1S/C17H18FNO/c1-12(20)17(19-2)11-13-7-9-14(10-8-13)15-5-3-4-6-16(15)18/h3-10,17,19H,11H2,1-2H3. The molecule has 0 saturated carbocycles. The van der Waals surface area contributed by atoms with Gasteiger partial charge in [0.2, 0.25) is 0 Å². The second-order valence-electron chi connectivity index (χ2n) is 4.83. The lowest BCUT2D eigenvalue weighted by molar-refractivity contribution is -0.118. The molecule has 3 heteroatoms. The van der Waals surface area contributed by atoms with Crippen LogP contribution >= 0.6 is 0 Å². The maximum Gasteiger partial charge on any atom is 0.147 e. The smallest absolute Gasteiger partial charge is 0.147 e. The number of rotatable bonds is 5. The van der Waals surface area contributed by atoms with Gasteiger partial charge in [-0.05, 0) is 37.6 Å². The van der Waals surface area contributed by atoms with Crippen LogP contribution in [0.2, 0.25) is 0 Å². The van der Waals surface area contributed by atoms with E-state index in [1.165, 1.54) is 6.07 Å². The van der Waals surface area contributed by atoms with E-state index >= 15 is 0 Å². The Morgan fingerprint density at radius 3 is 2.35 bits per heavy atom. The molecular weight excluding hydrogens is 253 g/mol. The van der Waals surface area contributed by atoms with Gasteiger partial charge in [-0.25, -0.2) is 4.39 Å². The Labute approximate surface area is 118 Å². The van der Waals surface area contributed by atoms with Crippen molar-refractivity contribution in [1.29, 1.82) is 0 Å². The van der Waals surface area contributed by atoms with Gasteiger partial charge < -0.3 is 5.32 Å². The molecule has 0 aliphatic heterocycles. The maximum atomic E-state index is 13.7. The summed E-state index contributed by atoms with van der Waals surface area (Å²) in [5, 5.41) is 3.00. The molecule has 0 aromatic heterocycles. The number of likely N-dealkylation sites (N-methyl/N-ethyl adjacent to an activating group) is 1. The second kappa shape index (κ2) is 6.44. The summed E-state index contributed by atoms with van der Waals surface area (Å²) in [5.74, 6) is -0.109. The molecule has 0 spiro atoms. The van der Waals surface area contributed by atoms with E-state index in [0.29, 0.717) is 12.0 Å². The van der Waals surface area contributed by atoms with Gasteiger partial charge in [-0.15, -0.1) is 0 Å². The first kappa shape index (κ1) is 14.4. The minimum atomic E-state index is -0.225. The van der Waals surface area contributed by atoms with E-state index in [-0.39, 0.29) is 17.6 Å². The largest absolute Gasteiger partial charge is 0.310 e. The topological polar surface area (TPSA) is 29.1 Å². The molecule has 0 aliphatic rings. The van der Waals surface area contributed by atoms with E-state index in [1.807, 2.05) is 30.3 Å². The zero-order valence-electron chi connectivity index (χ0n) is 11.7. The number of benzene rings is 2. The average Bonchev–Trinajstić information content (AvgIpc) is 2.46. The predicted molar refractivity (Wildman–Crippen MR) is 79.1 cm³/mol. The van der Waals surface area contributed by atoms with Gasteiger partial charge in [0.15, 0.2) is 0 Å². The summed E-state index contributed by atoms with van der Waals surface area (Å²) in [7, 11) is 1.78. The highest BCUT2D eigenvalue weighted by Gasteiger charge is 2.12. The Balaban J connectivity index is 2.18. The van der Waals surface area contributed by atoms with Crippen molar-refractivity contribution in [3.05, 3.63) is 59.9 Å². The molecule has 0 aliphatic carbocycles. The van der Waals surface area contributed by atoms with Gasteiger partial charge in [0.25, 0.3) is 0 Å². The van der Waals surface area contributed by atoms with Crippen LogP contribution in [-0.4, -0.2) is 18.9 Å². The Kier molecular flexibility index (Phi) is 4.64. The molecule has 104 valence electrons. The van der Waals surface area contributed by atoms with Gasteiger partial charge in [0.1, 0.15) is 11.6 Å². The van der Waals surface area contributed by atoms with Crippen LogP contribution in [0.15, 0.2) is 48.5 Å². The number of hydrogen-bond acceptors (Lipinski definition) is 2. The molecule has 1 N–H and O–H groups in total. The molecular formula is C17H18FNO. The van der Waals surface area contributed by atoms with Crippen LogP contribution in [0.25, 0.3) is 11.1 Å². The van der Waals surface area contributed by atoms with Crippen molar-refractivity contribution in [1.82, 2.24) is 5.32 Å². The lowest BCUT2D eigenvalue weighted by Gasteiger charge is -2.13. The first-order valence-corrected chi connectivity index (χ1v) is 6.63. The second-order valence-corrected chi connectivity index (χ2v) is 4.83. The predicted octanol–water partition coefficient (Wildman–Crippen LogP) is 3.21. The summed E-state index contributed by atoms with van der Waals surface area (Å²) >= 11 is 0. The van der Waals surface area contributed by atoms with E-state index in [0.717, 1.165) is 11.1 Å². The minimum Gasteiger partial charge on any atom is -0.310 e. The van der Waals surface area contributed by atoms with Crippen molar-refractivity contribution in [2.45, 2.75) is 19.4 Å². The number of Topliss-reactive ketones (excluding diaryl/α,β-unsaturated/α-hetero) is 1. The molecule has 0 saturated heterocycles. The number of ketones is 1. The quantitative estimate of drug-likeness (QED) is 0.904. The van der Waals surface area contributed by atoms with Crippen LogP contribution in [0.4, 0.5) is 4.39 Å². The van der Waals surface area contributed by atoms with Crippen LogP contribution in [-0.2, 0) is 11.2 Å². The molecule has 0 heterocycles. The average molecular weight is 271 g/mol. The molecule has 2 nitrogen and oxygen atoms in total. The first-order valence-electron chi connectivity index (χ1n) is 6.63. The summed E-state index contributed by atoms with van der Waals surface area (Å²) in [4.78, 5) is 11.4. The Bertz CT molecular complexity index is 592. The van der Waals surface area contributed by atoms with Crippen molar-refractivity contribution in [2.75, 3.05) is 7.05 Å². The SMILES string of the molecule is CNC(Cc1ccc(-c2ccccc2F)cc1)C(C)=O. The molecule has 1 atom stereocenters. The highest BCUT2D eigenvalue weighted by Crippen LogP contribution is 2.23. The van der Waals surface area contributed by atoms with Crippen molar-refractivity contribution in [3.8, 4) is 11.1 Å². The van der Waals surface area contributed by atoms with Gasteiger partial charge in [-0.2, -0.15) is 0 Å². The normalized spacial score (nSPS) is 12.2. The van der Waals surface area contributed by atoms with Crippen LogP contribution < -0.4 is 5.32 Å². The molecule has 0 radical (unpaired) electrons. The zero-order chi connectivity index (χ0) is 14.5. The number of carbonyl (C=O) groups excluding carboxylic acids is 1. The van der Waals surface area contributed by atoms with Crippen LogP contribution in [0.1, 0.15) is 12.5 Å². The van der Waals surface area contributed by atoms with Gasteiger partial charge in [0.05, 0.1) is 6.04 Å². The van der Waals surface area contributed by atoms with Crippen LogP contribution in [0.3, 0.4) is 0 Å². The van der Waals surface area contributed by atoms with Crippen molar-refractivity contribution < 1.29 is 9.18 Å². The van der Waals surface area contributed by atoms with Crippen molar-refractivity contribution >= 4 is 5.78 Å². The molecule has 20 heavy (non-hydrogen) atoms. The van der Waals surface area contributed by atoms with E-state index in [9.17, 15) is 9.18 Å². The number of hydrogen-bond donors (Lipinski definition) is 1. The zero-order valence-corrected chi connectivity index (χ0v) is 11.7. The highest BCUT2D eigenvalue weighted by molar-refractivity contribution is 5.81. The summed E-state index contributed by atoms with van der Waals surface area (Å²) in [5.41, 5.74) is 2.49. The first-order chi connectivity index (χ1) is 9.61. The van der Waals surface area contributed by atoms with Crippen molar-refractivity contribution in [3.63, 3.8) is 0 Å². The van der Waals surface area contributed by atoms with E-state index in [2.05, 4.69) is 5.32 Å². The monoisotopic (exact) mass is 271 g/mol. The molecule has 2 aromatic carbocycles. The van der Waals surface area contributed by atoms with Gasteiger partial charge in [-0.3, -0.25) is 4.79 Å². The number of carbonyl (C=O) groups is 1. The van der Waals surface area contributed by atoms with E-state index < -0.39 is 0 Å². The van der Waals surface area contributed by atoms with Gasteiger partial charge >= 0.3 is 0 Å². The van der Waals surface area contributed by atoms with Crippen LogP contribution in [0, 0.1) is 5.82 Å². The van der Waals surface area contributed by atoms with Crippen LogP contribution in [0.5, 0.6) is 0 Å². The Morgan fingerprint density at radius 1 is 1.15 bits per heavy atom. The fraction of sp³-hybridized carbons (Fsp3) is 0.235. The van der Waals surface area contributed by atoms with Gasteiger partial charge in [-0.1, -0.05) is 42.5 Å². The molecule has 1 unspecified atom stereocenters. The Hall–Kier alpha value is -2.00. The summed E-state index contributed by atoms with van der Waals surface area (Å²) in [6.07, 6.45) is 0.642. The van der Waals surface area contributed by atoms with E-state index in [1.54, 1.807) is 26.1 Å². The third kappa shape index (κ3) is 3.31. The summed E-state index contributed by atoms with van der Waals surface area (Å²) in [6.45, 7) is 1.58. The molecule has 2 rings (SSSR count). The fourth-order valence-electron chi connectivity index (χ4n) is 2.20. The molecule has 0 fully saturated rings. The van der Waals surface area contributed by atoms with Gasteiger partial charge in [0, 0.05) is 5.56 Å². The Morgan fingerprint density at radius 2 is 1.80 bits per heavy atom. The maximum absolute atomic E-state index is 13.7. The third-order valence-electron chi connectivity index (χ3n) is 3.42. The van der Waals surface area contributed by atoms with E-state index in [4.69, 9.17) is 0 Å². The summed E-state index contributed by atoms with van der Waals surface area (Å²) in [6, 6.07) is 14.2. The number of nitrogens with one attached hydrogen (secondary N) is 1. The third-order valence-corrected chi connectivity index (χ3v) is 3.42. The lowest BCUT2D eigenvalue weighted by atomic mass is 9.99. The minimum absolute atomic E-state index is 0.116. The lowest BCUT2D eigenvalue weighted by Crippen LogP contribution is -2.34. The molecule has 0 bridgehead atoms. The fourth-order valence-corrected chi connectivity index (χ4v) is 2.20. The number of halogens is 1. The summed E-state index contributed by atoms with van der Waals surface area (Å²) < 4.78 is 13.7.